The first-order valence-corrected chi connectivity index (χ1v) is 2.45. The Morgan fingerprint density at radius 1 is 1.44 bits per heavy atom. The van der Waals surface area contributed by atoms with Gasteiger partial charge in [-0.05, 0) is 4.53 Å². The van der Waals surface area contributed by atoms with Crippen molar-refractivity contribution in [1.29, 1.82) is 0 Å². The molecule has 2 N–H and O–H groups in total. The van der Waals surface area contributed by atoms with Gasteiger partial charge in [-0.1, -0.05) is 4.73 Å². The topological polar surface area (TPSA) is 66.8 Å². The molecular formula is H7Ca2F2O4P. The first-order chi connectivity index (χ1) is 2.56. The SMILES string of the molecule is F.O=P(O)(O)OF.[Ca+2].[Ca+2].[H-].[H-].[H-].[H-]. The van der Waals surface area contributed by atoms with Crippen LogP contribution < -0.4 is 0 Å². The zero-order valence-electron chi connectivity index (χ0n) is 8.36. The maximum absolute atomic E-state index is 10.2. The van der Waals surface area contributed by atoms with Crippen LogP contribution in [-0.4, -0.2) is 85.3 Å². The van der Waals surface area contributed by atoms with Gasteiger partial charge in [-0.2, -0.15) is 0 Å². The van der Waals surface area contributed by atoms with Crippen molar-refractivity contribution in [3.8, 4) is 0 Å². The Labute approximate surface area is 116 Å². The van der Waals surface area contributed by atoms with Crippen molar-refractivity contribution in [2.45, 2.75) is 0 Å². The van der Waals surface area contributed by atoms with E-state index in [-0.39, 0.29) is 85.9 Å². The Morgan fingerprint density at radius 2 is 1.56 bits per heavy atom. The summed E-state index contributed by atoms with van der Waals surface area (Å²) in [7, 11) is -4.81. The molecule has 0 rings (SSSR count). The van der Waals surface area contributed by atoms with Gasteiger partial charge in [0.25, 0.3) is 0 Å². The Morgan fingerprint density at radius 3 is 1.56 bits per heavy atom. The van der Waals surface area contributed by atoms with Crippen molar-refractivity contribution in [3.63, 3.8) is 0 Å². The molecule has 0 unspecified atom stereocenters. The van der Waals surface area contributed by atoms with Crippen molar-refractivity contribution in [3.05, 3.63) is 0 Å². The van der Waals surface area contributed by atoms with E-state index in [0.717, 1.165) is 0 Å². The quantitative estimate of drug-likeness (QED) is 0.475. The summed E-state index contributed by atoms with van der Waals surface area (Å²) in [4.78, 5) is 14.7. The molecule has 9 heavy (non-hydrogen) atoms. The Bertz CT molecular complexity index is 92.2. The molecule has 0 aliphatic rings. The van der Waals surface area contributed by atoms with Crippen molar-refractivity contribution in [1.82, 2.24) is 0 Å². The van der Waals surface area contributed by atoms with E-state index in [4.69, 9.17) is 14.4 Å². The average Bonchev–Trinajstić information content (AvgIpc) is 1.35. The van der Waals surface area contributed by atoms with Gasteiger partial charge in [-0.25, -0.2) is 4.57 Å². The summed E-state index contributed by atoms with van der Waals surface area (Å²) in [5, 5.41) is 0. The molecule has 0 spiro atoms. The van der Waals surface area contributed by atoms with Crippen LogP contribution in [0.15, 0.2) is 0 Å². The minimum atomic E-state index is -4.81. The van der Waals surface area contributed by atoms with Gasteiger partial charge in [0.15, 0.2) is 0 Å². The van der Waals surface area contributed by atoms with Gasteiger partial charge in [0.1, 0.15) is 0 Å². The van der Waals surface area contributed by atoms with Gasteiger partial charge < -0.3 is 15.5 Å². The van der Waals surface area contributed by atoms with Gasteiger partial charge in [0.05, 0.1) is 0 Å². The van der Waals surface area contributed by atoms with Crippen molar-refractivity contribution in [2.75, 3.05) is 0 Å². The molecule has 0 heterocycles. The number of rotatable bonds is 1. The second-order valence-electron chi connectivity index (χ2n) is 0.560. The van der Waals surface area contributed by atoms with E-state index < -0.39 is 7.82 Å². The molecule has 0 radical (unpaired) electrons. The van der Waals surface area contributed by atoms with E-state index in [2.05, 4.69) is 4.73 Å². The minimum absolute atomic E-state index is 0. The molecular weight excluding hydrogens is 213 g/mol. The molecule has 0 aromatic carbocycles. The molecule has 54 valence electrons. The fraction of sp³-hybridized carbons (Fsp3) is 0. The van der Waals surface area contributed by atoms with Gasteiger partial charge in [0.2, 0.25) is 0 Å². The normalized spacial score (nSPS) is 7.89. The van der Waals surface area contributed by atoms with Crippen LogP contribution in [0.2, 0.25) is 0 Å². The molecule has 0 amide bonds. The Balaban J connectivity index is -0.00000000595. The number of hydrogen-bond donors (Lipinski definition) is 2. The summed E-state index contributed by atoms with van der Waals surface area (Å²) in [6, 6.07) is 0. The fourth-order valence-electron chi connectivity index (χ4n) is 0. The second-order valence-corrected chi connectivity index (χ2v) is 1.68. The van der Waals surface area contributed by atoms with Crippen molar-refractivity contribution >= 4 is 83.3 Å². The standard InChI is InChI=1S/2Ca.FH2O4P.FH.4H/c;;1-5-6(2,3)4;;;;;/h;;(H2,2,3,4);1H;;;;/q2*+2;;;4*-1. The summed E-state index contributed by atoms with van der Waals surface area (Å²) in [6.45, 7) is 0. The molecule has 0 atom stereocenters. The van der Waals surface area contributed by atoms with E-state index >= 15 is 0 Å². The molecule has 0 aromatic rings. The van der Waals surface area contributed by atoms with Crippen LogP contribution in [0, 0.1) is 0 Å². The third-order valence-electron chi connectivity index (χ3n) is 0.0899. The molecule has 0 bridgehead atoms. The molecule has 0 saturated carbocycles. The van der Waals surface area contributed by atoms with E-state index in [0.29, 0.717) is 0 Å². The molecule has 0 aliphatic carbocycles. The monoisotopic (exact) mass is 220 g/mol. The first kappa shape index (κ1) is 22.5. The van der Waals surface area contributed by atoms with E-state index in [1.165, 1.54) is 0 Å². The van der Waals surface area contributed by atoms with Crippen LogP contribution in [0.3, 0.4) is 0 Å². The van der Waals surface area contributed by atoms with Crippen LogP contribution in [0.1, 0.15) is 5.71 Å². The second kappa shape index (κ2) is 10.5. The molecule has 0 fully saturated rings. The van der Waals surface area contributed by atoms with Crippen LogP contribution in [0.4, 0.5) is 9.23 Å². The van der Waals surface area contributed by atoms with Crippen molar-refractivity contribution < 1.29 is 34.0 Å². The number of hydrogen-bond acceptors (Lipinski definition) is 2. The maximum Gasteiger partial charge on any atom is 2.00 e. The zero-order valence-corrected chi connectivity index (χ0v) is 9.67. The third kappa shape index (κ3) is 25.1. The Hall–Kier alpha value is 2.49. The summed E-state index contributed by atoms with van der Waals surface area (Å²) in [5.74, 6) is 0. The molecule has 0 saturated heterocycles. The van der Waals surface area contributed by atoms with Gasteiger partial charge >= 0.3 is 83.3 Å². The van der Waals surface area contributed by atoms with Gasteiger partial charge in [-0.15, -0.1) is 0 Å². The minimum Gasteiger partial charge on any atom is -1.00 e. The maximum atomic E-state index is 10.2. The third-order valence-corrected chi connectivity index (χ3v) is 0.270. The number of phosphoric acid groups is 1. The summed E-state index contributed by atoms with van der Waals surface area (Å²) in [5.41, 5.74) is 0. The van der Waals surface area contributed by atoms with E-state index in [9.17, 15) is 4.53 Å². The largest absolute Gasteiger partial charge is 2.00 e. The van der Waals surface area contributed by atoms with Crippen LogP contribution >= 0.6 is 7.82 Å². The van der Waals surface area contributed by atoms with Crippen molar-refractivity contribution in [2.24, 2.45) is 0 Å². The fourth-order valence-corrected chi connectivity index (χ4v) is 0. The molecule has 0 aromatic heterocycles. The first-order valence-electron chi connectivity index (χ1n) is 0.919. The Kier molecular flexibility index (Phi) is 26.3. The van der Waals surface area contributed by atoms with Gasteiger partial charge in [-0.3, -0.25) is 4.70 Å². The predicted octanol–water partition coefficient (Wildman–Crippen LogP) is -0.179. The van der Waals surface area contributed by atoms with Crippen LogP contribution in [0.25, 0.3) is 0 Å². The van der Waals surface area contributed by atoms with Crippen LogP contribution in [0.5, 0.6) is 0 Å². The zero-order chi connectivity index (χ0) is 5.21. The van der Waals surface area contributed by atoms with E-state index in [1.54, 1.807) is 0 Å². The molecule has 4 nitrogen and oxygen atoms in total. The molecule has 9 heteroatoms. The predicted molar refractivity (Wildman–Crippen MR) is 32.7 cm³/mol. The summed E-state index contributed by atoms with van der Waals surface area (Å²) in [6.07, 6.45) is 0. The van der Waals surface area contributed by atoms with Crippen LogP contribution in [-0.2, 0) is 9.29 Å². The average molecular weight is 220 g/mol. The molecule has 0 aliphatic heterocycles. The van der Waals surface area contributed by atoms with Gasteiger partial charge in [0, 0.05) is 0 Å². The summed E-state index contributed by atoms with van der Waals surface area (Å²) < 4.78 is 21.4. The summed E-state index contributed by atoms with van der Waals surface area (Å²) >= 11 is 0. The number of halogens is 2. The van der Waals surface area contributed by atoms with E-state index in [1.807, 2.05) is 0 Å². The smallest absolute Gasteiger partial charge is 1.00 e.